The van der Waals surface area contributed by atoms with Crippen molar-refractivity contribution < 1.29 is 14.4 Å². The van der Waals surface area contributed by atoms with Crippen LogP contribution in [0.4, 0.5) is 5.69 Å². The molecule has 0 aliphatic carbocycles. The van der Waals surface area contributed by atoms with Crippen LogP contribution in [0.2, 0.25) is 5.02 Å². The first kappa shape index (κ1) is 21.3. The predicted octanol–water partition coefficient (Wildman–Crippen LogP) is 3.71. The van der Waals surface area contributed by atoms with Crippen molar-refractivity contribution in [2.24, 2.45) is 0 Å². The number of halogens is 1. The summed E-state index contributed by atoms with van der Waals surface area (Å²) in [7, 11) is 1.52. The normalized spacial score (nSPS) is 11.6. The Labute approximate surface area is 179 Å². The fourth-order valence-electron chi connectivity index (χ4n) is 3.13. The highest BCUT2D eigenvalue weighted by Gasteiger charge is 2.22. The second-order valence-electron chi connectivity index (χ2n) is 6.94. The molecule has 0 unspecified atom stereocenters. The van der Waals surface area contributed by atoms with E-state index in [1.807, 2.05) is 42.5 Å². The number of hydrogen-bond donors (Lipinski definition) is 2. The number of benzene rings is 3. The molecule has 0 saturated carbocycles. The van der Waals surface area contributed by atoms with E-state index >= 15 is 0 Å². The summed E-state index contributed by atoms with van der Waals surface area (Å²) >= 11 is 6.02. The molecule has 1 atom stereocenters. The molecule has 0 aliphatic rings. The molecule has 0 fully saturated rings. The zero-order valence-corrected chi connectivity index (χ0v) is 17.4. The highest BCUT2D eigenvalue weighted by Crippen LogP contribution is 2.22. The second kappa shape index (κ2) is 9.41. The van der Waals surface area contributed by atoms with Crippen molar-refractivity contribution in [3.8, 4) is 0 Å². The van der Waals surface area contributed by atoms with Gasteiger partial charge in [-0.1, -0.05) is 60.1 Å². The van der Waals surface area contributed by atoms with Crippen molar-refractivity contribution in [1.29, 1.82) is 0 Å². The van der Waals surface area contributed by atoms with Crippen LogP contribution in [0.1, 0.15) is 17.3 Å². The van der Waals surface area contributed by atoms with Gasteiger partial charge in [-0.3, -0.25) is 14.4 Å². The molecule has 3 amide bonds. The topological polar surface area (TPSA) is 78.5 Å². The van der Waals surface area contributed by atoms with Crippen molar-refractivity contribution in [2.75, 3.05) is 18.9 Å². The van der Waals surface area contributed by atoms with Crippen LogP contribution in [-0.2, 0) is 9.59 Å². The Morgan fingerprint density at radius 1 is 0.967 bits per heavy atom. The van der Waals surface area contributed by atoms with Gasteiger partial charge >= 0.3 is 0 Å². The first-order valence-electron chi connectivity index (χ1n) is 9.45. The lowest BCUT2D eigenvalue weighted by atomic mass is 10.1. The Kier molecular flexibility index (Phi) is 6.69. The molecule has 0 saturated heterocycles. The fourth-order valence-corrected chi connectivity index (χ4v) is 3.35. The lowest BCUT2D eigenvalue weighted by Crippen LogP contribution is -2.47. The summed E-state index contributed by atoms with van der Waals surface area (Å²) in [6.07, 6.45) is 0. The number of carbonyl (C=O) groups excluding carboxylic acids is 3. The quantitative estimate of drug-likeness (QED) is 0.634. The first-order chi connectivity index (χ1) is 14.4. The molecule has 2 N–H and O–H groups in total. The van der Waals surface area contributed by atoms with E-state index < -0.39 is 11.9 Å². The number of likely N-dealkylation sites (N-methyl/N-ethyl adjacent to an activating group) is 1. The standard InChI is InChI=1S/C23H22ClN3O3/c1-15(25-22(29)18-11-5-6-12-19(18)24)23(30)27(2)14-21(28)26-20-13-7-9-16-8-3-4-10-17(16)20/h3-13,15H,14H2,1-2H3,(H,25,29)(H,26,28)/t15-/m0/s1. The van der Waals surface area contributed by atoms with E-state index in [1.54, 1.807) is 31.2 Å². The lowest BCUT2D eigenvalue weighted by Gasteiger charge is -2.22. The molecule has 7 heteroatoms. The van der Waals surface area contributed by atoms with Gasteiger partial charge in [0.25, 0.3) is 5.91 Å². The van der Waals surface area contributed by atoms with Crippen molar-refractivity contribution >= 4 is 45.8 Å². The van der Waals surface area contributed by atoms with E-state index in [4.69, 9.17) is 11.6 Å². The zero-order valence-electron chi connectivity index (χ0n) is 16.7. The molecule has 0 aliphatic heterocycles. The number of rotatable bonds is 6. The maximum atomic E-state index is 12.6. The van der Waals surface area contributed by atoms with Crippen LogP contribution in [0.5, 0.6) is 0 Å². The second-order valence-corrected chi connectivity index (χ2v) is 7.35. The number of nitrogens with one attached hydrogen (secondary N) is 2. The third-order valence-electron chi connectivity index (χ3n) is 4.66. The Balaban J connectivity index is 1.59. The minimum Gasteiger partial charge on any atom is -0.340 e. The molecular formula is C23H22ClN3O3. The van der Waals surface area contributed by atoms with Crippen LogP contribution in [0.25, 0.3) is 10.8 Å². The van der Waals surface area contributed by atoms with E-state index in [9.17, 15) is 14.4 Å². The van der Waals surface area contributed by atoms with Crippen LogP contribution in [-0.4, -0.2) is 42.3 Å². The molecule has 0 heterocycles. The molecule has 6 nitrogen and oxygen atoms in total. The number of carbonyl (C=O) groups is 3. The van der Waals surface area contributed by atoms with Gasteiger partial charge in [-0.25, -0.2) is 0 Å². The van der Waals surface area contributed by atoms with E-state index in [0.717, 1.165) is 10.8 Å². The van der Waals surface area contributed by atoms with Crippen molar-refractivity contribution in [1.82, 2.24) is 10.2 Å². The summed E-state index contributed by atoms with van der Waals surface area (Å²) in [6.45, 7) is 1.42. The maximum Gasteiger partial charge on any atom is 0.253 e. The average molecular weight is 424 g/mol. The number of anilines is 1. The third-order valence-corrected chi connectivity index (χ3v) is 4.99. The molecule has 30 heavy (non-hydrogen) atoms. The largest absolute Gasteiger partial charge is 0.340 e. The molecule has 3 rings (SSSR count). The SMILES string of the molecule is C[C@H](NC(=O)c1ccccc1Cl)C(=O)N(C)CC(=O)Nc1cccc2ccccc12. The van der Waals surface area contributed by atoms with E-state index in [2.05, 4.69) is 10.6 Å². The minimum atomic E-state index is -0.816. The van der Waals surface area contributed by atoms with Crippen LogP contribution < -0.4 is 10.6 Å². The van der Waals surface area contributed by atoms with Crippen molar-refractivity contribution in [3.05, 3.63) is 77.3 Å². The van der Waals surface area contributed by atoms with E-state index in [1.165, 1.54) is 11.9 Å². The summed E-state index contributed by atoms with van der Waals surface area (Å²) in [6, 6.07) is 19.1. The minimum absolute atomic E-state index is 0.144. The summed E-state index contributed by atoms with van der Waals surface area (Å²) in [5.41, 5.74) is 0.967. The summed E-state index contributed by atoms with van der Waals surface area (Å²) < 4.78 is 0. The molecule has 3 aromatic rings. The lowest BCUT2D eigenvalue weighted by molar-refractivity contribution is -0.134. The smallest absolute Gasteiger partial charge is 0.253 e. The maximum absolute atomic E-state index is 12.6. The van der Waals surface area contributed by atoms with Crippen molar-refractivity contribution in [3.63, 3.8) is 0 Å². The summed E-state index contributed by atoms with van der Waals surface area (Å²) in [5.74, 6) is -1.16. The van der Waals surface area contributed by atoms with Gasteiger partial charge in [0, 0.05) is 18.1 Å². The molecule has 0 aromatic heterocycles. The van der Waals surface area contributed by atoms with Gasteiger partial charge in [-0.2, -0.15) is 0 Å². The Morgan fingerprint density at radius 2 is 1.63 bits per heavy atom. The molecular weight excluding hydrogens is 402 g/mol. The van der Waals surface area contributed by atoms with Crippen LogP contribution in [0.15, 0.2) is 66.7 Å². The average Bonchev–Trinajstić information content (AvgIpc) is 2.73. The van der Waals surface area contributed by atoms with E-state index in [-0.39, 0.29) is 23.9 Å². The summed E-state index contributed by atoms with van der Waals surface area (Å²) in [4.78, 5) is 38.7. The van der Waals surface area contributed by atoms with Gasteiger partial charge in [0.05, 0.1) is 17.1 Å². The Morgan fingerprint density at radius 3 is 2.40 bits per heavy atom. The van der Waals surface area contributed by atoms with Gasteiger partial charge in [0.1, 0.15) is 6.04 Å². The molecule has 0 bridgehead atoms. The molecule has 0 radical (unpaired) electrons. The van der Waals surface area contributed by atoms with Crippen LogP contribution in [0.3, 0.4) is 0 Å². The summed E-state index contributed by atoms with van der Waals surface area (Å²) in [5, 5.41) is 7.70. The zero-order chi connectivity index (χ0) is 21.7. The van der Waals surface area contributed by atoms with Gasteiger partial charge in [-0.15, -0.1) is 0 Å². The highest BCUT2D eigenvalue weighted by molar-refractivity contribution is 6.33. The van der Waals surface area contributed by atoms with E-state index in [0.29, 0.717) is 10.7 Å². The van der Waals surface area contributed by atoms with Gasteiger partial charge in [0.15, 0.2) is 0 Å². The predicted molar refractivity (Wildman–Crippen MR) is 119 cm³/mol. The molecule has 154 valence electrons. The van der Waals surface area contributed by atoms with Crippen LogP contribution >= 0.6 is 11.6 Å². The third kappa shape index (κ3) is 4.96. The Bertz CT molecular complexity index is 1090. The number of hydrogen-bond acceptors (Lipinski definition) is 3. The number of amides is 3. The molecule has 3 aromatic carbocycles. The molecule has 0 spiro atoms. The highest BCUT2D eigenvalue weighted by atomic mass is 35.5. The van der Waals surface area contributed by atoms with Gasteiger partial charge < -0.3 is 15.5 Å². The monoisotopic (exact) mass is 423 g/mol. The Hall–Kier alpha value is -3.38. The fraction of sp³-hybridized carbons (Fsp3) is 0.174. The van der Waals surface area contributed by atoms with Crippen LogP contribution in [0, 0.1) is 0 Å². The van der Waals surface area contributed by atoms with Gasteiger partial charge in [0.2, 0.25) is 11.8 Å². The van der Waals surface area contributed by atoms with Crippen molar-refractivity contribution in [2.45, 2.75) is 13.0 Å². The number of nitrogens with zero attached hydrogens (tertiary/aromatic N) is 1. The first-order valence-corrected chi connectivity index (χ1v) is 9.82. The van der Waals surface area contributed by atoms with Gasteiger partial charge in [-0.05, 0) is 30.5 Å². The number of fused-ring (bicyclic) bond motifs is 1.